The van der Waals surface area contributed by atoms with E-state index in [1.165, 1.54) is 4.31 Å². The van der Waals surface area contributed by atoms with E-state index in [-0.39, 0.29) is 18.0 Å². The lowest BCUT2D eigenvalue weighted by molar-refractivity contribution is -0.152. The van der Waals surface area contributed by atoms with E-state index < -0.39 is 34.4 Å². The number of aryl methyl sites for hydroxylation is 2. The molecule has 0 spiro atoms. The third-order valence-corrected chi connectivity index (χ3v) is 7.52. The van der Waals surface area contributed by atoms with Crippen LogP contribution in [0.1, 0.15) is 24.0 Å². The van der Waals surface area contributed by atoms with Crippen LogP contribution < -0.4 is 5.32 Å². The molecule has 0 aromatic heterocycles. The van der Waals surface area contributed by atoms with Crippen LogP contribution in [0.5, 0.6) is 0 Å². The van der Waals surface area contributed by atoms with Gasteiger partial charge in [0.2, 0.25) is 10.0 Å². The number of benzene rings is 2. The topological polar surface area (TPSA) is 92.8 Å². The number of esters is 1. The van der Waals surface area contributed by atoms with Crippen molar-refractivity contribution in [3.8, 4) is 0 Å². The molecule has 3 rings (SSSR count). The first-order valence-electron chi connectivity index (χ1n) is 9.96. The zero-order valence-electron chi connectivity index (χ0n) is 17.4. The van der Waals surface area contributed by atoms with E-state index in [4.69, 9.17) is 16.3 Å². The number of nitrogens with zero attached hydrogens (tertiary/aromatic N) is 1. The van der Waals surface area contributed by atoms with Crippen molar-refractivity contribution in [2.75, 3.05) is 25.0 Å². The van der Waals surface area contributed by atoms with Gasteiger partial charge in [0.15, 0.2) is 6.61 Å². The molecular weight excluding hydrogens is 440 g/mol. The van der Waals surface area contributed by atoms with Gasteiger partial charge in [-0.05, 0) is 74.2 Å². The fourth-order valence-electron chi connectivity index (χ4n) is 3.34. The minimum absolute atomic E-state index is 0.228. The molecule has 2 aromatic carbocycles. The Kier molecular flexibility index (Phi) is 7.35. The standard InChI is InChI=1S/C22H25ClN2O5S/c1-15-3-8-20(13-16(15)2)31(28,29)25-11-9-17(10-12-25)22(27)30-14-21(26)24-19-6-4-18(23)5-7-19/h3-8,13,17H,9-12,14H2,1-2H3,(H,24,26). The van der Waals surface area contributed by atoms with Crippen molar-refractivity contribution in [1.82, 2.24) is 4.31 Å². The molecule has 0 atom stereocenters. The zero-order chi connectivity index (χ0) is 22.6. The fourth-order valence-corrected chi connectivity index (χ4v) is 5.02. The molecule has 9 heteroatoms. The van der Waals surface area contributed by atoms with Gasteiger partial charge in [-0.1, -0.05) is 17.7 Å². The highest BCUT2D eigenvalue weighted by Gasteiger charge is 2.33. The van der Waals surface area contributed by atoms with Crippen LogP contribution in [-0.4, -0.2) is 44.3 Å². The van der Waals surface area contributed by atoms with Gasteiger partial charge in [-0.2, -0.15) is 4.31 Å². The zero-order valence-corrected chi connectivity index (χ0v) is 19.0. The maximum atomic E-state index is 12.9. The van der Waals surface area contributed by atoms with Crippen LogP contribution in [0.2, 0.25) is 5.02 Å². The summed E-state index contributed by atoms with van der Waals surface area (Å²) in [5, 5.41) is 3.17. The number of nitrogens with one attached hydrogen (secondary N) is 1. The summed E-state index contributed by atoms with van der Waals surface area (Å²) in [4.78, 5) is 24.5. The van der Waals surface area contributed by atoms with Gasteiger partial charge in [-0.3, -0.25) is 9.59 Å². The number of hydrogen-bond acceptors (Lipinski definition) is 5. The molecule has 1 aliphatic rings. The maximum Gasteiger partial charge on any atom is 0.309 e. The molecule has 166 valence electrons. The highest BCUT2D eigenvalue weighted by molar-refractivity contribution is 7.89. The van der Waals surface area contributed by atoms with Crippen molar-refractivity contribution in [2.24, 2.45) is 5.92 Å². The van der Waals surface area contributed by atoms with Crippen molar-refractivity contribution in [3.63, 3.8) is 0 Å². The quantitative estimate of drug-likeness (QED) is 0.660. The molecule has 1 fully saturated rings. The van der Waals surface area contributed by atoms with Gasteiger partial charge in [0.25, 0.3) is 5.91 Å². The van der Waals surface area contributed by atoms with Gasteiger partial charge in [0.1, 0.15) is 0 Å². The molecule has 2 aromatic rings. The van der Waals surface area contributed by atoms with Crippen molar-refractivity contribution in [1.29, 1.82) is 0 Å². The van der Waals surface area contributed by atoms with E-state index in [1.807, 2.05) is 13.8 Å². The van der Waals surface area contributed by atoms with Crippen LogP contribution >= 0.6 is 11.6 Å². The Hall–Kier alpha value is -2.42. The molecule has 1 aliphatic heterocycles. The number of anilines is 1. The summed E-state index contributed by atoms with van der Waals surface area (Å²) < 4.78 is 32.3. The Bertz CT molecular complexity index is 1060. The molecule has 7 nitrogen and oxygen atoms in total. The van der Waals surface area contributed by atoms with Crippen LogP contribution in [0.3, 0.4) is 0 Å². The normalized spacial score (nSPS) is 15.5. The summed E-state index contributed by atoms with van der Waals surface area (Å²) in [6, 6.07) is 11.6. The van der Waals surface area contributed by atoms with Gasteiger partial charge in [0, 0.05) is 23.8 Å². The van der Waals surface area contributed by atoms with Crippen LogP contribution in [0.25, 0.3) is 0 Å². The fraction of sp³-hybridized carbons (Fsp3) is 0.364. The summed E-state index contributed by atoms with van der Waals surface area (Å²) in [5.41, 5.74) is 2.49. The lowest BCUT2D eigenvalue weighted by atomic mass is 9.98. The molecule has 0 saturated carbocycles. The second-order valence-electron chi connectivity index (χ2n) is 7.59. The lowest BCUT2D eigenvalue weighted by Crippen LogP contribution is -2.41. The largest absolute Gasteiger partial charge is 0.455 e. The van der Waals surface area contributed by atoms with Gasteiger partial charge < -0.3 is 10.1 Å². The van der Waals surface area contributed by atoms with Gasteiger partial charge in [-0.25, -0.2) is 8.42 Å². The van der Waals surface area contributed by atoms with E-state index in [2.05, 4.69) is 5.32 Å². The van der Waals surface area contributed by atoms with Gasteiger partial charge in [0.05, 0.1) is 10.8 Å². The van der Waals surface area contributed by atoms with Crippen LogP contribution in [0.4, 0.5) is 5.69 Å². The molecule has 1 saturated heterocycles. The number of carbonyl (C=O) groups excluding carboxylic acids is 2. The highest BCUT2D eigenvalue weighted by atomic mass is 35.5. The molecule has 1 heterocycles. The SMILES string of the molecule is Cc1ccc(S(=O)(=O)N2CCC(C(=O)OCC(=O)Nc3ccc(Cl)cc3)CC2)cc1C. The predicted molar refractivity (Wildman–Crippen MR) is 118 cm³/mol. The summed E-state index contributed by atoms with van der Waals surface area (Å²) in [7, 11) is -3.61. The summed E-state index contributed by atoms with van der Waals surface area (Å²) in [6.07, 6.45) is 0.698. The van der Waals surface area contributed by atoms with E-state index in [1.54, 1.807) is 42.5 Å². The Labute approximate surface area is 187 Å². The smallest absolute Gasteiger partial charge is 0.309 e. The van der Waals surface area contributed by atoms with Crippen molar-refractivity contribution >= 4 is 39.2 Å². The number of hydrogen-bond donors (Lipinski definition) is 1. The second-order valence-corrected chi connectivity index (χ2v) is 9.96. The molecule has 1 N–H and O–H groups in total. The van der Waals surface area contributed by atoms with Gasteiger partial charge >= 0.3 is 5.97 Å². The van der Waals surface area contributed by atoms with E-state index in [0.29, 0.717) is 23.6 Å². The Morgan fingerprint density at radius 1 is 1.06 bits per heavy atom. The first-order valence-corrected chi connectivity index (χ1v) is 11.8. The number of amides is 1. The summed E-state index contributed by atoms with van der Waals surface area (Å²) in [5.74, 6) is -1.38. The molecule has 0 unspecified atom stereocenters. The van der Waals surface area contributed by atoms with Crippen molar-refractivity contribution in [3.05, 3.63) is 58.6 Å². The van der Waals surface area contributed by atoms with Crippen LogP contribution in [0.15, 0.2) is 47.4 Å². The number of piperidine rings is 1. The molecule has 0 aliphatic carbocycles. The first kappa shape index (κ1) is 23.2. The number of sulfonamides is 1. The number of carbonyl (C=O) groups is 2. The Balaban J connectivity index is 1.49. The molecule has 0 radical (unpaired) electrons. The Morgan fingerprint density at radius 2 is 1.71 bits per heavy atom. The third-order valence-electron chi connectivity index (χ3n) is 5.38. The van der Waals surface area contributed by atoms with Crippen molar-refractivity contribution < 1.29 is 22.7 Å². The van der Waals surface area contributed by atoms with Crippen molar-refractivity contribution in [2.45, 2.75) is 31.6 Å². The highest BCUT2D eigenvalue weighted by Crippen LogP contribution is 2.25. The molecule has 31 heavy (non-hydrogen) atoms. The minimum Gasteiger partial charge on any atom is -0.455 e. The summed E-state index contributed by atoms with van der Waals surface area (Å²) >= 11 is 5.80. The third kappa shape index (κ3) is 5.84. The first-order chi connectivity index (χ1) is 14.7. The van der Waals surface area contributed by atoms with E-state index >= 15 is 0 Å². The Morgan fingerprint density at radius 3 is 2.32 bits per heavy atom. The number of ether oxygens (including phenoxy) is 1. The minimum atomic E-state index is -3.61. The average molecular weight is 465 g/mol. The van der Waals surface area contributed by atoms with E-state index in [0.717, 1.165) is 11.1 Å². The predicted octanol–water partition coefficient (Wildman–Crippen LogP) is 3.54. The van der Waals surface area contributed by atoms with Gasteiger partial charge in [-0.15, -0.1) is 0 Å². The molecular formula is C22H25ClN2O5S. The number of halogens is 1. The van der Waals surface area contributed by atoms with Crippen LogP contribution in [-0.2, 0) is 24.3 Å². The van der Waals surface area contributed by atoms with E-state index in [9.17, 15) is 18.0 Å². The molecule has 0 bridgehead atoms. The average Bonchev–Trinajstić information content (AvgIpc) is 2.75. The maximum absolute atomic E-state index is 12.9. The molecule has 1 amide bonds. The lowest BCUT2D eigenvalue weighted by Gasteiger charge is -2.30. The summed E-state index contributed by atoms with van der Waals surface area (Å²) in [6.45, 7) is 3.86. The number of rotatable bonds is 6. The van der Waals surface area contributed by atoms with Crippen LogP contribution in [0, 0.1) is 19.8 Å². The monoisotopic (exact) mass is 464 g/mol. The second kappa shape index (κ2) is 9.80.